The summed E-state index contributed by atoms with van der Waals surface area (Å²) in [6, 6.07) is 7.45. The molecule has 4 nitrogen and oxygen atoms in total. The van der Waals surface area contributed by atoms with Gasteiger partial charge in [0, 0.05) is 29.0 Å². The number of imide groups is 1. The van der Waals surface area contributed by atoms with Crippen molar-refractivity contribution >= 4 is 92.1 Å². The predicted molar refractivity (Wildman–Crippen MR) is 120 cm³/mol. The number of halogens is 4. The van der Waals surface area contributed by atoms with Gasteiger partial charge in [-0.1, -0.05) is 6.07 Å². The summed E-state index contributed by atoms with van der Waals surface area (Å²) in [6.45, 7) is 3.87. The summed E-state index contributed by atoms with van der Waals surface area (Å²) in [5.74, 6) is -0.747. The number of hydrogen-bond acceptors (Lipinski definition) is 3. The van der Waals surface area contributed by atoms with Crippen molar-refractivity contribution in [1.82, 2.24) is 4.98 Å². The van der Waals surface area contributed by atoms with Gasteiger partial charge in [-0.05, 0) is 101 Å². The van der Waals surface area contributed by atoms with E-state index in [1.54, 1.807) is 6.07 Å². The highest BCUT2D eigenvalue weighted by molar-refractivity contribution is 9.15. The Morgan fingerprint density at radius 3 is 1.89 bits per heavy atom. The van der Waals surface area contributed by atoms with Crippen molar-refractivity contribution in [2.24, 2.45) is 0 Å². The Morgan fingerprint density at radius 2 is 1.33 bits per heavy atom. The van der Waals surface area contributed by atoms with Crippen molar-refractivity contribution in [1.29, 1.82) is 0 Å². The Labute approximate surface area is 188 Å². The number of carbonyl (C=O) groups is 2. The second-order valence-corrected chi connectivity index (χ2v) is 9.37. The minimum Gasteiger partial charge on any atom is -0.268 e. The van der Waals surface area contributed by atoms with Gasteiger partial charge in [-0.2, -0.15) is 0 Å². The standard InChI is InChI=1S/C19H10Br4N2O2/c1-7-3-6-10(9-5-4-8(2)24-17(7)9)25-18(26)11-12(19(25)27)14(21)16(23)15(22)13(11)20/h3-6H,1-2H3. The van der Waals surface area contributed by atoms with Crippen molar-refractivity contribution in [3.63, 3.8) is 0 Å². The van der Waals surface area contributed by atoms with Crippen molar-refractivity contribution in [3.8, 4) is 0 Å². The molecule has 27 heavy (non-hydrogen) atoms. The molecule has 0 unspecified atom stereocenters. The number of hydrogen-bond donors (Lipinski definition) is 0. The van der Waals surface area contributed by atoms with E-state index in [2.05, 4.69) is 68.7 Å². The fourth-order valence-corrected chi connectivity index (χ4v) is 5.66. The molecule has 0 spiro atoms. The number of anilines is 1. The van der Waals surface area contributed by atoms with Crippen LogP contribution in [0.1, 0.15) is 32.0 Å². The fourth-order valence-electron chi connectivity index (χ4n) is 3.20. The third kappa shape index (κ3) is 2.75. The average molecular weight is 618 g/mol. The van der Waals surface area contributed by atoms with E-state index in [9.17, 15) is 9.59 Å². The highest BCUT2D eigenvalue weighted by Gasteiger charge is 2.42. The molecule has 2 heterocycles. The SMILES string of the molecule is Cc1ccc2c(N3C(=O)c4c(Br)c(Br)c(Br)c(Br)c4C3=O)ccc(C)c2n1. The molecule has 0 N–H and O–H groups in total. The number of benzene rings is 2. The van der Waals surface area contributed by atoms with Crippen LogP contribution < -0.4 is 4.90 Å². The Kier molecular flexibility index (Phi) is 4.81. The van der Waals surface area contributed by atoms with Crippen LogP contribution in [0.15, 0.2) is 42.2 Å². The number of rotatable bonds is 1. The maximum Gasteiger partial charge on any atom is 0.267 e. The summed E-state index contributed by atoms with van der Waals surface area (Å²) in [7, 11) is 0. The van der Waals surface area contributed by atoms with Gasteiger partial charge < -0.3 is 0 Å². The summed E-state index contributed by atoms with van der Waals surface area (Å²) in [5.41, 5.74) is 3.83. The molecule has 0 saturated heterocycles. The third-order valence-corrected chi connectivity index (χ3v) is 9.29. The van der Waals surface area contributed by atoms with Gasteiger partial charge in [0.15, 0.2) is 0 Å². The first-order chi connectivity index (χ1) is 12.7. The van der Waals surface area contributed by atoms with Crippen LogP contribution >= 0.6 is 63.7 Å². The molecule has 0 bridgehead atoms. The highest BCUT2D eigenvalue weighted by Crippen LogP contribution is 2.46. The highest BCUT2D eigenvalue weighted by atomic mass is 79.9. The van der Waals surface area contributed by atoms with Crippen molar-refractivity contribution in [2.75, 3.05) is 4.90 Å². The normalized spacial score (nSPS) is 13.6. The monoisotopic (exact) mass is 614 g/mol. The van der Waals surface area contributed by atoms with Crippen molar-refractivity contribution < 1.29 is 9.59 Å². The number of carbonyl (C=O) groups excluding carboxylic acids is 2. The largest absolute Gasteiger partial charge is 0.268 e. The summed E-state index contributed by atoms with van der Waals surface area (Å²) in [5, 5.41) is 0.764. The lowest BCUT2D eigenvalue weighted by atomic mass is 10.1. The van der Waals surface area contributed by atoms with Gasteiger partial charge in [-0.3, -0.25) is 14.6 Å². The summed E-state index contributed by atoms with van der Waals surface area (Å²) in [6.07, 6.45) is 0. The molecule has 2 amide bonds. The van der Waals surface area contributed by atoms with Gasteiger partial charge in [0.1, 0.15) is 0 Å². The van der Waals surface area contributed by atoms with E-state index in [4.69, 9.17) is 0 Å². The zero-order valence-electron chi connectivity index (χ0n) is 14.0. The first-order valence-electron chi connectivity index (χ1n) is 7.85. The van der Waals surface area contributed by atoms with Crippen LogP contribution in [-0.2, 0) is 0 Å². The van der Waals surface area contributed by atoms with E-state index in [0.29, 0.717) is 34.7 Å². The van der Waals surface area contributed by atoms with Gasteiger partial charge in [0.05, 0.1) is 22.3 Å². The molecule has 3 aromatic rings. The Balaban J connectivity index is 2.01. The summed E-state index contributed by atoms with van der Waals surface area (Å²) in [4.78, 5) is 32.3. The Hall–Kier alpha value is -1.09. The molecule has 1 aromatic heterocycles. The molecular weight excluding hydrogens is 608 g/mol. The van der Waals surface area contributed by atoms with Crippen LogP contribution in [0.2, 0.25) is 0 Å². The summed E-state index contributed by atoms with van der Waals surface area (Å²) >= 11 is 13.8. The molecule has 0 aliphatic carbocycles. The molecule has 136 valence electrons. The first-order valence-corrected chi connectivity index (χ1v) is 11.0. The molecule has 1 aliphatic rings. The van der Waals surface area contributed by atoms with Crippen LogP contribution in [0.4, 0.5) is 5.69 Å². The molecule has 0 fully saturated rings. The zero-order valence-corrected chi connectivity index (χ0v) is 20.4. The van der Waals surface area contributed by atoms with E-state index in [1.165, 1.54) is 4.90 Å². The quantitative estimate of drug-likeness (QED) is 0.173. The van der Waals surface area contributed by atoms with Gasteiger partial charge in [-0.25, -0.2) is 4.90 Å². The second kappa shape index (κ2) is 6.76. The van der Waals surface area contributed by atoms with Crippen molar-refractivity contribution in [3.05, 3.63) is 64.5 Å². The lowest BCUT2D eigenvalue weighted by Gasteiger charge is -2.17. The van der Waals surface area contributed by atoms with Crippen molar-refractivity contribution in [2.45, 2.75) is 13.8 Å². The topological polar surface area (TPSA) is 50.3 Å². The van der Waals surface area contributed by atoms with Crippen LogP contribution in [0.5, 0.6) is 0 Å². The first kappa shape index (κ1) is 19.2. The number of pyridine rings is 1. The molecular formula is C19H10Br4N2O2. The lowest BCUT2D eigenvalue weighted by molar-refractivity contribution is 0.0926. The minimum absolute atomic E-state index is 0.329. The second-order valence-electron chi connectivity index (χ2n) is 6.20. The number of aromatic nitrogens is 1. The molecule has 2 aromatic carbocycles. The zero-order chi connectivity index (χ0) is 19.6. The van der Waals surface area contributed by atoms with Gasteiger partial charge in [-0.15, -0.1) is 0 Å². The molecule has 1 aliphatic heterocycles. The maximum atomic E-state index is 13.2. The molecule has 0 saturated carbocycles. The van der Waals surface area contributed by atoms with E-state index in [-0.39, 0.29) is 11.8 Å². The maximum absolute atomic E-state index is 13.2. The third-order valence-electron chi connectivity index (χ3n) is 4.52. The number of amides is 2. The van der Waals surface area contributed by atoms with E-state index in [1.807, 2.05) is 32.0 Å². The van der Waals surface area contributed by atoms with Gasteiger partial charge >= 0.3 is 0 Å². The number of aryl methyl sites for hydroxylation is 2. The van der Waals surface area contributed by atoms with E-state index < -0.39 is 0 Å². The lowest BCUT2D eigenvalue weighted by Crippen LogP contribution is -2.29. The van der Waals surface area contributed by atoms with Gasteiger partial charge in [0.2, 0.25) is 0 Å². The molecule has 0 atom stereocenters. The van der Waals surface area contributed by atoms with Crippen LogP contribution in [0.3, 0.4) is 0 Å². The van der Waals surface area contributed by atoms with Crippen LogP contribution in [-0.4, -0.2) is 16.8 Å². The smallest absolute Gasteiger partial charge is 0.267 e. The predicted octanol–water partition coefficient (Wildman–Crippen LogP) is 6.70. The number of fused-ring (bicyclic) bond motifs is 2. The van der Waals surface area contributed by atoms with E-state index in [0.717, 1.165) is 22.2 Å². The van der Waals surface area contributed by atoms with Crippen LogP contribution in [0.25, 0.3) is 10.9 Å². The fraction of sp³-hybridized carbons (Fsp3) is 0.105. The van der Waals surface area contributed by atoms with E-state index >= 15 is 0 Å². The summed E-state index contributed by atoms with van der Waals surface area (Å²) < 4.78 is 2.42. The van der Waals surface area contributed by atoms with Gasteiger partial charge in [0.25, 0.3) is 11.8 Å². The average Bonchev–Trinajstić information content (AvgIpc) is 2.90. The number of nitrogens with zero attached hydrogens (tertiary/aromatic N) is 2. The van der Waals surface area contributed by atoms with Crippen LogP contribution in [0, 0.1) is 13.8 Å². The molecule has 4 rings (SSSR count). The minimum atomic E-state index is -0.374. The molecule has 0 radical (unpaired) electrons. The Morgan fingerprint density at radius 1 is 0.778 bits per heavy atom. The Bertz CT molecular complexity index is 1140. The molecule has 8 heteroatoms.